The van der Waals surface area contributed by atoms with Crippen LogP contribution < -0.4 is 0 Å². The van der Waals surface area contributed by atoms with Gasteiger partial charge >= 0.3 is 0 Å². The van der Waals surface area contributed by atoms with E-state index in [1.807, 2.05) is 0 Å². The van der Waals surface area contributed by atoms with Crippen LogP contribution in [0.4, 0.5) is 0 Å². The fourth-order valence-corrected chi connectivity index (χ4v) is 3.67. The minimum absolute atomic E-state index is 0.0956. The van der Waals surface area contributed by atoms with Crippen molar-refractivity contribution in [1.29, 1.82) is 0 Å². The van der Waals surface area contributed by atoms with Gasteiger partial charge in [0.25, 0.3) is 0 Å². The van der Waals surface area contributed by atoms with Crippen LogP contribution in [0.25, 0.3) is 0 Å². The number of ether oxygens (including phenoxy) is 4. The van der Waals surface area contributed by atoms with E-state index in [9.17, 15) is 35.7 Å². The van der Waals surface area contributed by atoms with Crippen molar-refractivity contribution in [3.63, 3.8) is 0 Å². The van der Waals surface area contributed by atoms with Gasteiger partial charge in [0, 0.05) is 6.61 Å². The molecule has 12 heteroatoms. The van der Waals surface area contributed by atoms with E-state index in [-0.39, 0.29) is 26.2 Å². The quantitative estimate of drug-likeness (QED) is 0.126. The van der Waals surface area contributed by atoms with Crippen molar-refractivity contribution in [2.75, 3.05) is 26.4 Å². The van der Waals surface area contributed by atoms with Gasteiger partial charge in [-0.2, -0.15) is 0 Å². The number of hydrogen-bond acceptors (Lipinski definition) is 12. The van der Waals surface area contributed by atoms with E-state index < -0.39 is 68.0 Å². The van der Waals surface area contributed by atoms with Crippen molar-refractivity contribution in [2.45, 2.75) is 80.7 Å². The molecule has 2 aliphatic heterocycles. The average Bonchev–Trinajstić information content (AvgIpc) is 2.89. The molecule has 2 heterocycles. The van der Waals surface area contributed by atoms with Crippen LogP contribution in [0, 0.1) is 23.7 Å². The van der Waals surface area contributed by atoms with Crippen LogP contribution >= 0.6 is 0 Å². The zero-order chi connectivity index (χ0) is 27.2. The van der Waals surface area contributed by atoms with Crippen LogP contribution in [-0.4, -0.2) is 129 Å². The van der Waals surface area contributed by atoms with Gasteiger partial charge in [-0.15, -0.1) is 0 Å². The van der Waals surface area contributed by atoms with Gasteiger partial charge in [-0.05, 0) is 43.3 Å². The van der Waals surface area contributed by atoms with Crippen LogP contribution in [-0.2, 0) is 18.9 Å². The fraction of sp³-hybridized carbons (Fsp3) is 0.680. The SMILES string of the molecule is OC/C=C/C#CC#C/C=C/CCC(CCO)OC1OC(CO)C(O)C(O)C1OC1OCC(O)C(O)C1O. The van der Waals surface area contributed by atoms with Crippen molar-refractivity contribution in [1.82, 2.24) is 0 Å². The third-order valence-corrected chi connectivity index (χ3v) is 5.72. The minimum atomic E-state index is -1.65. The summed E-state index contributed by atoms with van der Waals surface area (Å²) in [7, 11) is 0. The predicted octanol–water partition coefficient (Wildman–Crippen LogP) is -3.09. The molecular weight excluding hydrogens is 492 g/mol. The van der Waals surface area contributed by atoms with E-state index in [4.69, 9.17) is 24.1 Å². The first kappa shape index (κ1) is 31.3. The molecule has 0 aromatic heterocycles. The van der Waals surface area contributed by atoms with Crippen LogP contribution in [0.5, 0.6) is 0 Å². The highest BCUT2D eigenvalue weighted by molar-refractivity contribution is 5.33. The predicted molar refractivity (Wildman–Crippen MR) is 127 cm³/mol. The molecule has 0 aromatic rings. The second kappa shape index (κ2) is 16.9. The molecule has 0 bridgehead atoms. The molecule has 0 saturated carbocycles. The molecule has 37 heavy (non-hydrogen) atoms. The zero-order valence-electron chi connectivity index (χ0n) is 20.2. The summed E-state index contributed by atoms with van der Waals surface area (Å²) >= 11 is 0. The lowest BCUT2D eigenvalue weighted by Crippen LogP contribution is -2.63. The number of aliphatic hydroxyl groups is 8. The van der Waals surface area contributed by atoms with Gasteiger partial charge in [0.15, 0.2) is 12.6 Å². The summed E-state index contributed by atoms with van der Waals surface area (Å²) < 4.78 is 22.4. The summed E-state index contributed by atoms with van der Waals surface area (Å²) in [5.74, 6) is 10.6. The Bertz CT molecular complexity index is 840. The molecule has 208 valence electrons. The lowest BCUT2D eigenvalue weighted by atomic mass is 9.98. The van der Waals surface area contributed by atoms with E-state index in [0.717, 1.165) is 0 Å². The zero-order valence-corrected chi connectivity index (χ0v) is 20.2. The maximum atomic E-state index is 10.7. The Labute approximate surface area is 215 Å². The molecule has 0 aliphatic carbocycles. The lowest BCUT2D eigenvalue weighted by molar-refractivity contribution is -0.362. The number of hydrogen-bond donors (Lipinski definition) is 8. The van der Waals surface area contributed by atoms with Crippen molar-refractivity contribution in [3.8, 4) is 23.7 Å². The number of rotatable bonds is 11. The Kier molecular flexibility index (Phi) is 14.3. The molecule has 2 fully saturated rings. The fourth-order valence-electron chi connectivity index (χ4n) is 3.67. The van der Waals surface area contributed by atoms with Gasteiger partial charge < -0.3 is 59.8 Å². The largest absolute Gasteiger partial charge is 0.396 e. The minimum Gasteiger partial charge on any atom is -0.396 e. The molecule has 8 N–H and O–H groups in total. The molecule has 12 nitrogen and oxygen atoms in total. The van der Waals surface area contributed by atoms with Crippen LogP contribution in [0.1, 0.15) is 19.3 Å². The van der Waals surface area contributed by atoms with E-state index in [2.05, 4.69) is 23.7 Å². The Morgan fingerprint density at radius 3 is 2.19 bits per heavy atom. The number of allylic oxidation sites excluding steroid dienone is 3. The Hall–Kier alpha value is -1.88. The van der Waals surface area contributed by atoms with Crippen molar-refractivity contribution in [2.24, 2.45) is 0 Å². The van der Waals surface area contributed by atoms with E-state index in [0.29, 0.717) is 12.8 Å². The second-order valence-corrected chi connectivity index (χ2v) is 8.43. The highest BCUT2D eigenvalue weighted by Gasteiger charge is 2.49. The van der Waals surface area contributed by atoms with Crippen LogP contribution in [0.2, 0.25) is 0 Å². The van der Waals surface area contributed by atoms with Gasteiger partial charge in [-0.1, -0.05) is 24.0 Å². The maximum absolute atomic E-state index is 10.7. The Morgan fingerprint density at radius 2 is 1.54 bits per heavy atom. The van der Waals surface area contributed by atoms with Gasteiger partial charge in [-0.3, -0.25) is 0 Å². The van der Waals surface area contributed by atoms with Gasteiger partial charge in [-0.25, -0.2) is 0 Å². The Balaban J connectivity index is 2.04. The van der Waals surface area contributed by atoms with Crippen molar-refractivity contribution >= 4 is 0 Å². The first-order chi connectivity index (χ1) is 17.8. The molecule has 2 aliphatic rings. The molecule has 2 rings (SSSR count). The number of aliphatic hydroxyl groups excluding tert-OH is 8. The molecule has 2 saturated heterocycles. The van der Waals surface area contributed by atoms with Gasteiger partial charge in [0.2, 0.25) is 0 Å². The first-order valence-electron chi connectivity index (χ1n) is 12.0. The standard InChI is InChI=1S/C25H36O12/c26-12-9-7-5-3-1-2-4-6-8-10-16(11-13-27)35-25-23(21(32)20(31)18(14-28)36-25)37-24-22(33)19(30)17(29)15-34-24/h4,6-7,9,16-33H,8,10-15H2/b6-4+,9-7+. The highest BCUT2D eigenvalue weighted by atomic mass is 16.8. The molecule has 0 amide bonds. The monoisotopic (exact) mass is 528 g/mol. The van der Waals surface area contributed by atoms with Gasteiger partial charge in [0.05, 0.1) is 25.9 Å². The van der Waals surface area contributed by atoms with Crippen molar-refractivity contribution < 1.29 is 59.8 Å². The first-order valence-corrected chi connectivity index (χ1v) is 12.0. The smallest absolute Gasteiger partial charge is 0.187 e. The topological polar surface area (TPSA) is 199 Å². The summed E-state index contributed by atoms with van der Waals surface area (Å²) in [6.07, 6.45) is -6.24. The lowest BCUT2D eigenvalue weighted by Gasteiger charge is -2.45. The molecule has 0 aromatic carbocycles. The summed E-state index contributed by atoms with van der Waals surface area (Å²) in [5.41, 5.74) is 0. The van der Waals surface area contributed by atoms with Crippen LogP contribution in [0.3, 0.4) is 0 Å². The molecule has 0 radical (unpaired) electrons. The van der Waals surface area contributed by atoms with Crippen molar-refractivity contribution in [3.05, 3.63) is 24.3 Å². The average molecular weight is 529 g/mol. The van der Waals surface area contributed by atoms with Crippen LogP contribution in [0.15, 0.2) is 24.3 Å². The summed E-state index contributed by atoms with van der Waals surface area (Å²) in [5, 5.41) is 78.4. The molecule has 0 spiro atoms. The summed E-state index contributed by atoms with van der Waals surface area (Å²) in [6, 6.07) is 0. The maximum Gasteiger partial charge on any atom is 0.187 e. The van der Waals surface area contributed by atoms with Gasteiger partial charge in [0.1, 0.15) is 42.7 Å². The third kappa shape index (κ3) is 9.74. The third-order valence-electron chi connectivity index (χ3n) is 5.72. The van der Waals surface area contributed by atoms with E-state index >= 15 is 0 Å². The summed E-state index contributed by atoms with van der Waals surface area (Å²) in [6.45, 7) is -1.27. The van der Waals surface area contributed by atoms with E-state index in [1.54, 1.807) is 12.2 Å². The summed E-state index contributed by atoms with van der Waals surface area (Å²) in [4.78, 5) is 0. The second-order valence-electron chi connectivity index (χ2n) is 8.43. The molecular formula is C25H36O12. The van der Waals surface area contributed by atoms with E-state index in [1.165, 1.54) is 12.2 Å². The molecule has 10 unspecified atom stereocenters. The normalized spacial score (nSPS) is 35.1. The Morgan fingerprint density at radius 1 is 0.838 bits per heavy atom. The molecule has 10 atom stereocenters. The highest BCUT2D eigenvalue weighted by Crippen LogP contribution is 2.29.